The van der Waals surface area contributed by atoms with Crippen molar-refractivity contribution in [1.29, 1.82) is 0 Å². The molecule has 0 aliphatic heterocycles. The van der Waals surface area contributed by atoms with Gasteiger partial charge in [0, 0.05) is 26.0 Å². The first-order valence-electron chi connectivity index (χ1n) is 4.28. The molecule has 0 saturated carbocycles. The number of nitrogens with zero attached hydrogens (tertiary/aromatic N) is 1. The van der Waals surface area contributed by atoms with Gasteiger partial charge in [-0.05, 0) is 0 Å². The number of ether oxygens (including phenoxy) is 1. The predicted molar refractivity (Wildman–Crippen MR) is 51.7 cm³/mol. The van der Waals surface area contributed by atoms with E-state index >= 15 is 0 Å². The van der Waals surface area contributed by atoms with Gasteiger partial charge in [-0.25, -0.2) is 4.98 Å². The number of imidazole rings is 1. The van der Waals surface area contributed by atoms with Crippen LogP contribution in [0.2, 0.25) is 0 Å². The van der Waals surface area contributed by atoms with Crippen molar-refractivity contribution in [2.45, 2.75) is 12.5 Å². The van der Waals surface area contributed by atoms with E-state index in [-0.39, 0.29) is 18.4 Å². The van der Waals surface area contributed by atoms with Crippen molar-refractivity contribution >= 4 is 11.9 Å². The summed E-state index contributed by atoms with van der Waals surface area (Å²) >= 11 is 0. The fraction of sp³-hybridized carbons (Fsp3) is 0.500. The van der Waals surface area contributed by atoms with Gasteiger partial charge in [-0.2, -0.15) is 0 Å². The maximum Gasteiger partial charge on any atom is 0.229 e. The highest BCUT2D eigenvalue weighted by atomic mass is 16.5. The summed E-state index contributed by atoms with van der Waals surface area (Å²) in [5, 5.41) is 2.58. The number of amides is 1. The van der Waals surface area contributed by atoms with Gasteiger partial charge in [-0.15, -0.1) is 0 Å². The van der Waals surface area contributed by atoms with Gasteiger partial charge >= 0.3 is 0 Å². The maximum atomic E-state index is 11.3. The van der Waals surface area contributed by atoms with Gasteiger partial charge in [0.25, 0.3) is 0 Å². The number of methoxy groups -OCH3 is 1. The second-order valence-electron chi connectivity index (χ2n) is 2.78. The molecule has 0 fully saturated rings. The van der Waals surface area contributed by atoms with Crippen LogP contribution in [-0.4, -0.2) is 35.6 Å². The molecule has 1 heterocycles. The zero-order valence-corrected chi connectivity index (χ0v) is 7.99. The number of aromatic amines is 1. The van der Waals surface area contributed by atoms with Crippen LogP contribution in [0.1, 0.15) is 6.42 Å². The molecule has 4 N–H and O–H groups in total. The molecule has 14 heavy (non-hydrogen) atoms. The maximum absolute atomic E-state index is 11.3. The summed E-state index contributed by atoms with van der Waals surface area (Å²) < 4.78 is 4.97. The molecule has 0 aromatic carbocycles. The van der Waals surface area contributed by atoms with Crippen molar-refractivity contribution in [3.05, 3.63) is 12.4 Å². The molecule has 1 atom stereocenters. The molecular formula is C8H14N4O2. The molecule has 1 unspecified atom stereocenters. The zero-order valence-electron chi connectivity index (χ0n) is 7.99. The second kappa shape index (κ2) is 5.36. The quantitative estimate of drug-likeness (QED) is 0.606. The van der Waals surface area contributed by atoms with Crippen molar-refractivity contribution in [2.75, 3.05) is 19.0 Å². The second-order valence-corrected chi connectivity index (χ2v) is 2.78. The number of anilines is 1. The van der Waals surface area contributed by atoms with Gasteiger partial charge in [0.1, 0.15) is 0 Å². The van der Waals surface area contributed by atoms with Crippen molar-refractivity contribution in [3.63, 3.8) is 0 Å². The first-order chi connectivity index (χ1) is 6.76. The van der Waals surface area contributed by atoms with E-state index in [1.807, 2.05) is 0 Å². The molecule has 6 heteroatoms. The monoisotopic (exact) mass is 198 g/mol. The molecule has 0 aliphatic carbocycles. The topological polar surface area (TPSA) is 93.0 Å². The van der Waals surface area contributed by atoms with Crippen LogP contribution in [0, 0.1) is 0 Å². The third-order valence-corrected chi connectivity index (χ3v) is 1.77. The van der Waals surface area contributed by atoms with Crippen LogP contribution in [0.3, 0.4) is 0 Å². The van der Waals surface area contributed by atoms with Gasteiger partial charge < -0.3 is 15.5 Å². The van der Waals surface area contributed by atoms with Gasteiger partial charge in [-0.1, -0.05) is 0 Å². The highest BCUT2D eigenvalue weighted by Gasteiger charge is 2.11. The van der Waals surface area contributed by atoms with E-state index in [0.29, 0.717) is 12.5 Å². The fourth-order valence-electron chi connectivity index (χ4n) is 0.986. The van der Waals surface area contributed by atoms with Crippen molar-refractivity contribution in [3.8, 4) is 0 Å². The highest BCUT2D eigenvalue weighted by molar-refractivity contribution is 5.89. The molecule has 0 spiro atoms. The third kappa shape index (κ3) is 3.15. The molecule has 1 aromatic rings. The Hall–Kier alpha value is -1.40. The Labute approximate surface area is 81.8 Å². The third-order valence-electron chi connectivity index (χ3n) is 1.77. The van der Waals surface area contributed by atoms with E-state index in [1.54, 1.807) is 12.4 Å². The molecule has 0 aliphatic rings. The van der Waals surface area contributed by atoms with Gasteiger partial charge in [0.15, 0.2) is 0 Å². The van der Waals surface area contributed by atoms with E-state index in [2.05, 4.69) is 15.3 Å². The average Bonchev–Trinajstić information content (AvgIpc) is 2.66. The zero-order chi connectivity index (χ0) is 10.4. The molecule has 0 saturated heterocycles. The lowest BCUT2D eigenvalue weighted by Gasteiger charge is -2.11. The smallest absolute Gasteiger partial charge is 0.229 e. The summed E-state index contributed by atoms with van der Waals surface area (Å²) in [6.07, 6.45) is 3.18. The minimum atomic E-state index is -0.245. The molecule has 1 rings (SSSR count). The Balaban J connectivity index is 2.35. The lowest BCUT2D eigenvalue weighted by atomic mass is 10.2. The molecule has 78 valence electrons. The number of rotatable bonds is 5. The Morgan fingerprint density at radius 1 is 1.86 bits per heavy atom. The van der Waals surface area contributed by atoms with E-state index in [1.165, 1.54) is 7.11 Å². The van der Waals surface area contributed by atoms with Crippen LogP contribution in [0.4, 0.5) is 5.95 Å². The Morgan fingerprint density at radius 2 is 2.64 bits per heavy atom. The number of nitrogens with one attached hydrogen (secondary N) is 2. The van der Waals surface area contributed by atoms with Crippen LogP contribution in [-0.2, 0) is 9.53 Å². The minimum absolute atomic E-state index is 0.169. The summed E-state index contributed by atoms with van der Waals surface area (Å²) in [5.74, 6) is 0.263. The SMILES string of the molecule is COC(CN)CC(=O)Nc1ncc[nH]1. The van der Waals surface area contributed by atoms with Crippen LogP contribution in [0.15, 0.2) is 12.4 Å². The summed E-state index contributed by atoms with van der Waals surface area (Å²) in [5.41, 5.74) is 5.38. The molecule has 0 bridgehead atoms. The Morgan fingerprint density at radius 3 is 3.14 bits per heavy atom. The number of nitrogens with two attached hydrogens (primary N) is 1. The first-order valence-corrected chi connectivity index (χ1v) is 4.28. The van der Waals surface area contributed by atoms with Crippen molar-refractivity contribution in [1.82, 2.24) is 9.97 Å². The Bertz CT molecular complexity index is 269. The summed E-state index contributed by atoms with van der Waals surface area (Å²) in [6.45, 7) is 0.322. The van der Waals surface area contributed by atoms with Gasteiger partial charge in [0.2, 0.25) is 11.9 Å². The minimum Gasteiger partial charge on any atom is -0.380 e. The van der Waals surface area contributed by atoms with E-state index in [4.69, 9.17) is 10.5 Å². The number of aromatic nitrogens is 2. The predicted octanol–water partition coefficient (Wildman–Crippen LogP) is -0.288. The van der Waals surface area contributed by atoms with E-state index in [0.717, 1.165) is 0 Å². The highest BCUT2D eigenvalue weighted by Crippen LogP contribution is 2.00. The number of carbonyl (C=O) groups excluding carboxylic acids is 1. The van der Waals surface area contributed by atoms with Crippen molar-refractivity contribution < 1.29 is 9.53 Å². The summed E-state index contributed by atoms with van der Waals surface area (Å²) in [7, 11) is 1.53. The lowest BCUT2D eigenvalue weighted by Crippen LogP contribution is -2.28. The van der Waals surface area contributed by atoms with Crippen LogP contribution in [0.25, 0.3) is 0 Å². The van der Waals surface area contributed by atoms with Crippen LogP contribution < -0.4 is 11.1 Å². The van der Waals surface area contributed by atoms with Crippen molar-refractivity contribution in [2.24, 2.45) is 5.73 Å². The number of H-pyrrole nitrogens is 1. The fourth-order valence-corrected chi connectivity index (χ4v) is 0.986. The standard InChI is InChI=1S/C8H14N4O2/c1-14-6(5-9)4-7(13)12-8-10-2-3-11-8/h2-3,6H,4-5,9H2,1H3,(H2,10,11,12,13). The molecule has 1 aromatic heterocycles. The largest absolute Gasteiger partial charge is 0.380 e. The lowest BCUT2D eigenvalue weighted by molar-refractivity contribution is -0.118. The van der Waals surface area contributed by atoms with Gasteiger partial charge in [-0.3, -0.25) is 10.1 Å². The number of hydrogen-bond acceptors (Lipinski definition) is 4. The normalized spacial score (nSPS) is 12.4. The summed E-state index contributed by atoms with van der Waals surface area (Å²) in [4.78, 5) is 17.9. The molecule has 0 radical (unpaired) electrons. The molecule has 1 amide bonds. The van der Waals surface area contributed by atoms with Crippen LogP contribution >= 0.6 is 0 Å². The first kappa shape index (κ1) is 10.7. The molecule has 6 nitrogen and oxygen atoms in total. The van der Waals surface area contributed by atoms with E-state index in [9.17, 15) is 4.79 Å². The van der Waals surface area contributed by atoms with E-state index < -0.39 is 0 Å². The van der Waals surface area contributed by atoms with Gasteiger partial charge in [0.05, 0.1) is 12.5 Å². The summed E-state index contributed by atoms with van der Waals surface area (Å²) in [6, 6.07) is 0. The number of hydrogen-bond donors (Lipinski definition) is 3. The number of carbonyl (C=O) groups is 1. The average molecular weight is 198 g/mol. The molecular weight excluding hydrogens is 184 g/mol. The van der Waals surface area contributed by atoms with Crippen LogP contribution in [0.5, 0.6) is 0 Å². The Kier molecular flexibility index (Phi) is 4.09.